The van der Waals surface area contributed by atoms with Crippen molar-refractivity contribution < 1.29 is 14.3 Å². The first-order valence-corrected chi connectivity index (χ1v) is 9.60. The van der Waals surface area contributed by atoms with Crippen molar-refractivity contribution in [2.75, 3.05) is 39.8 Å². The number of amides is 2. The van der Waals surface area contributed by atoms with Gasteiger partial charge in [-0.05, 0) is 56.5 Å². The first-order valence-electron chi connectivity index (χ1n) is 9.60. The summed E-state index contributed by atoms with van der Waals surface area (Å²) in [5, 5.41) is 2.96. The Bertz CT molecular complexity index is 720. The molecule has 3 heterocycles. The molecule has 26 heavy (non-hydrogen) atoms. The second-order valence-corrected chi connectivity index (χ2v) is 7.75. The second-order valence-electron chi connectivity index (χ2n) is 7.75. The molecule has 0 aliphatic carbocycles. The number of fused-ring (bicyclic) bond motifs is 1. The first kappa shape index (κ1) is 17.3. The number of rotatable bonds is 1. The van der Waals surface area contributed by atoms with Crippen LogP contribution in [0.3, 0.4) is 0 Å². The zero-order chi connectivity index (χ0) is 18.1. The third-order valence-electron chi connectivity index (χ3n) is 6.17. The van der Waals surface area contributed by atoms with Crippen LogP contribution in [0.4, 0.5) is 0 Å². The number of nitrogens with zero attached hydrogens (tertiary/aromatic N) is 2. The summed E-state index contributed by atoms with van der Waals surface area (Å²) in [7, 11) is 2.12. The standard InChI is InChI=1S/C20H27N3O3/c1-22-10-11-23(14-20(22)7-6-18(24)21-9-8-20)19(25)16-4-5-17-15(13-16)3-2-12-26-17/h4-5,13H,2-3,6-12,14H2,1H3,(H,21,24). The lowest BCUT2D eigenvalue weighted by Crippen LogP contribution is -2.62. The Morgan fingerprint density at radius 3 is 3.00 bits per heavy atom. The SMILES string of the molecule is CN1CCN(C(=O)c2ccc3c(c2)CCCO3)CC12CCNC(=O)CC2. The summed E-state index contributed by atoms with van der Waals surface area (Å²) in [6, 6.07) is 5.82. The van der Waals surface area contributed by atoms with Gasteiger partial charge in [0.25, 0.3) is 5.91 Å². The lowest BCUT2D eigenvalue weighted by Gasteiger charge is -2.49. The van der Waals surface area contributed by atoms with Crippen LogP contribution in [0.25, 0.3) is 0 Å². The van der Waals surface area contributed by atoms with E-state index in [2.05, 4.69) is 17.3 Å². The second kappa shape index (κ2) is 6.91. The number of likely N-dealkylation sites (N-methyl/N-ethyl adjacent to an activating group) is 1. The molecule has 4 rings (SSSR count). The van der Waals surface area contributed by atoms with Gasteiger partial charge in [0, 0.05) is 43.7 Å². The molecule has 1 spiro atoms. The van der Waals surface area contributed by atoms with Gasteiger partial charge in [-0.2, -0.15) is 0 Å². The summed E-state index contributed by atoms with van der Waals surface area (Å²) in [4.78, 5) is 29.2. The molecule has 0 aromatic heterocycles. The largest absolute Gasteiger partial charge is 0.493 e. The number of benzene rings is 1. The van der Waals surface area contributed by atoms with E-state index in [1.54, 1.807) is 0 Å². The molecule has 140 valence electrons. The van der Waals surface area contributed by atoms with E-state index in [9.17, 15) is 9.59 Å². The fourth-order valence-electron chi connectivity index (χ4n) is 4.45. The molecule has 0 bridgehead atoms. The minimum atomic E-state index is -0.107. The molecule has 2 saturated heterocycles. The predicted octanol–water partition coefficient (Wildman–Crippen LogP) is 1.44. The maximum absolute atomic E-state index is 13.2. The van der Waals surface area contributed by atoms with E-state index in [-0.39, 0.29) is 17.4 Å². The summed E-state index contributed by atoms with van der Waals surface area (Å²) in [5.41, 5.74) is 1.77. The van der Waals surface area contributed by atoms with E-state index in [4.69, 9.17) is 4.74 Å². The number of carbonyl (C=O) groups is 2. The van der Waals surface area contributed by atoms with Gasteiger partial charge in [0.15, 0.2) is 0 Å². The molecule has 3 aliphatic rings. The van der Waals surface area contributed by atoms with E-state index in [0.29, 0.717) is 19.5 Å². The summed E-state index contributed by atoms with van der Waals surface area (Å²) in [6.45, 7) is 3.69. The van der Waals surface area contributed by atoms with E-state index >= 15 is 0 Å². The zero-order valence-corrected chi connectivity index (χ0v) is 15.4. The molecule has 6 nitrogen and oxygen atoms in total. The van der Waals surface area contributed by atoms with Crippen LogP contribution in [-0.2, 0) is 11.2 Å². The van der Waals surface area contributed by atoms with Gasteiger partial charge in [-0.1, -0.05) is 0 Å². The van der Waals surface area contributed by atoms with Crippen molar-refractivity contribution in [3.05, 3.63) is 29.3 Å². The number of aryl methyl sites for hydroxylation is 1. The van der Waals surface area contributed by atoms with E-state index in [1.807, 2.05) is 23.1 Å². The molecule has 0 radical (unpaired) electrons. The lowest BCUT2D eigenvalue weighted by atomic mass is 9.86. The highest BCUT2D eigenvalue weighted by Gasteiger charge is 2.42. The van der Waals surface area contributed by atoms with Crippen LogP contribution >= 0.6 is 0 Å². The van der Waals surface area contributed by atoms with Crippen molar-refractivity contribution in [2.45, 2.75) is 37.6 Å². The number of piperazine rings is 1. The molecule has 1 N–H and O–H groups in total. The van der Waals surface area contributed by atoms with Crippen molar-refractivity contribution >= 4 is 11.8 Å². The molecule has 0 saturated carbocycles. The molecular formula is C20H27N3O3. The van der Waals surface area contributed by atoms with Gasteiger partial charge in [-0.15, -0.1) is 0 Å². The third kappa shape index (κ3) is 3.18. The lowest BCUT2D eigenvalue weighted by molar-refractivity contribution is -0.121. The van der Waals surface area contributed by atoms with Gasteiger partial charge >= 0.3 is 0 Å². The maximum atomic E-state index is 13.2. The summed E-state index contributed by atoms with van der Waals surface area (Å²) in [6.07, 6.45) is 4.19. The van der Waals surface area contributed by atoms with Crippen molar-refractivity contribution in [2.24, 2.45) is 0 Å². The average molecular weight is 357 g/mol. The van der Waals surface area contributed by atoms with Crippen LogP contribution in [0.1, 0.15) is 41.6 Å². The fraction of sp³-hybridized carbons (Fsp3) is 0.600. The Morgan fingerprint density at radius 1 is 1.23 bits per heavy atom. The number of carbonyl (C=O) groups excluding carboxylic acids is 2. The predicted molar refractivity (Wildman–Crippen MR) is 98.4 cm³/mol. The normalized spacial score (nSPS) is 26.7. The van der Waals surface area contributed by atoms with E-state index in [0.717, 1.165) is 62.3 Å². The van der Waals surface area contributed by atoms with Crippen LogP contribution in [0.2, 0.25) is 0 Å². The highest BCUT2D eigenvalue weighted by Crippen LogP contribution is 2.32. The Kier molecular flexibility index (Phi) is 4.61. The Labute approximate surface area is 154 Å². The van der Waals surface area contributed by atoms with Crippen LogP contribution in [0, 0.1) is 0 Å². The van der Waals surface area contributed by atoms with Crippen molar-refractivity contribution in [1.82, 2.24) is 15.1 Å². The van der Waals surface area contributed by atoms with Gasteiger partial charge in [-0.3, -0.25) is 14.5 Å². The Balaban J connectivity index is 1.54. The van der Waals surface area contributed by atoms with Gasteiger partial charge in [0.2, 0.25) is 5.91 Å². The highest BCUT2D eigenvalue weighted by molar-refractivity contribution is 5.94. The van der Waals surface area contributed by atoms with Crippen LogP contribution < -0.4 is 10.1 Å². The topological polar surface area (TPSA) is 61.9 Å². The highest BCUT2D eigenvalue weighted by atomic mass is 16.5. The molecule has 6 heteroatoms. The smallest absolute Gasteiger partial charge is 0.253 e. The number of nitrogens with one attached hydrogen (secondary N) is 1. The van der Waals surface area contributed by atoms with Crippen LogP contribution in [-0.4, -0.2) is 67.0 Å². The molecule has 1 unspecified atom stereocenters. The fourth-order valence-corrected chi connectivity index (χ4v) is 4.45. The summed E-state index contributed by atoms with van der Waals surface area (Å²) in [5.74, 6) is 1.12. The average Bonchev–Trinajstić information content (AvgIpc) is 2.85. The number of hydrogen-bond donors (Lipinski definition) is 1. The summed E-state index contributed by atoms with van der Waals surface area (Å²) < 4.78 is 5.66. The van der Waals surface area contributed by atoms with Crippen molar-refractivity contribution in [1.29, 1.82) is 0 Å². The van der Waals surface area contributed by atoms with Gasteiger partial charge in [0.1, 0.15) is 5.75 Å². The third-order valence-corrected chi connectivity index (χ3v) is 6.17. The quantitative estimate of drug-likeness (QED) is 0.826. The minimum absolute atomic E-state index is 0.0920. The van der Waals surface area contributed by atoms with Gasteiger partial charge in [0.05, 0.1) is 6.61 Å². The first-order chi connectivity index (χ1) is 12.6. The van der Waals surface area contributed by atoms with Gasteiger partial charge in [-0.25, -0.2) is 0 Å². The number of hydrogen-bond acceptors (Lipinski definition) is 4. The molecule has 1 atom stereocenters. The Morgan fingerprint density at radius 2 is 2.12 bits per heavy atom. The summed E-state index contributed by atoms with van der Waals surface area (Å²) >= 11 is 0. The van der Waals surface area contributed by atoms with Crippen LogP contribution in [0.5, 0.6) is 5.75 Å². The van der Waals surface area contributed by atoms with Crippen molar-refractivity contribution in [3.63, 3.8) is 0 Å². The number of ether oxygens (including phenoxy) is 1. The van der Waals surface area contributed by atoms with E-state index < -0.39 is 0 Å². The van der Waals surface area contributed by atoms with Crippen molar-refractivity contribution in [3.8, 4) is 5.75 Å². The molecule has 1 aromatic rings. The zero-order valence-electron chi connectivity index (χ0n) is 15.4. The molecule has 3 aliphatic heterocycles. The maximum Gasteiger partial charge on any atom is 0.253 e. The Hall–Kier alpha value is -2.08. The molecule has 2 fully saturated rings. The molecule has 2 amide bonds. The van der Waals surface area contributed by atoms with Crippen LogP contribution in [0.15, 0.2) is 18.2 Å². The monoisotopic (exact) mass is 357 g/mol. The minimum Gasteiger partial charge on any atom is -0.493 e. The molecular weight excluding hydrogens is 330 g/mol. The van der Waals surface area contributed by atoms with E-state index in [1.165, 1.54) is 0 Å². The molecule has 1 aromatic carbocycles. The van der Waals surface area contributed by atoms with Gasteiger partial charge < -0.3 is 15.0 Å².